The first-order valence-corrected chi connectivity index (χ1v) is 4.82. The molecule has 0 amide bonds. The van der Waals surface area contributed by atoms with Crippen molar-refractivity contribution < 1.29 is 0 Å². The fourth-order valence-corrected chi connectivity index (χ4v) is 1.18. The number of nitrogens with two attached hydrogens (primary N) is 1. The summed E-state index contributed by atoms with van der Waals surface area (Å²) >= 11 is 0. The number of aromatic nitrogens is 2. The van der Waals surface area contributed by atoms with Crippen LogP contribution in [0.1, 0.15) is 12.8 Å². The highest BCUT2D eigenvalue weighted by Gasteiger charge is 2.16. The van der Waals surface area contributed by atoms with Gasteiger partial charge in [-0.2, -0.15) is 0 Å². The fourth-order valence-electron chi connectivity index (χ4n) is 1.18. The molecule has 1 aliphatic rings. The van der Waals surface area contributed by atoms with Crippen LogP contribution in [0.2, 0.25) is 0 Å². The van der Waals surface area contributed by atoms with E-state index in [0.29, 0.717) is 5.82 Å². The molecule has 4 heteroatoms. The van der Waals surface area contributed by atoms with E-state index >= 15 is 0 Å². The molecule has 2 rings (SSSR count). The molecule has 1 aromatic rings. The molecule has 1 heterocycles. The number of hydrogen-bond acceptors (Lipinski definition) is 4. The average Bonchev–Trinajstić information content (AvgIpc) is 2.96. The first kappa shape index (κ1) is 8.99. The maximum Gasteiger partial charge on any atom is 0.147 e. The van der Waals surface area contributed by atoms with Gasteiger partial charge in [-0.05, 0) is 18.8 Å². The summed E-state index contributed by atoms with van der Waals surface area (Å²) in [5.74, 6) is 2.00. The number of anilines is 2. The van der Waals surface area contributed by atoms with Gasteiger partial charge in [-0.1, -0.05) is 12.2 Å². The predicted molar refractivity (Wildman–Crippen MR) is 56.8 cm³/mol. The maximum atomic E-state index is 5.49. The van der Waals surface area contributed by atoms with E-state index in [-0.39, 0.29) is 0 Å². The number of allylic oxidation sites excluding steroid dienone is 1. The van der Waals surface area contributed by atoms with E-state index < -0.39 is 0 Å². The monoisotopic (exact) mass is 190 g/mol. The Morgan fingerprint density at radius 3 is 3.07 bits per heavy atom. The summed E-state index contributed by atoms with van der Waals surface area (Å²) in [6, 6.07) is 0. The first-order valence-electron chi connectivity index (χ1n) is 4.82. The highest BCUT2D eigenvalue weighted by Crippen LogP contribution is 2.29. The Morgan fingerprint density at radius 2 is 2.36 bits per heavy atom. The van der Waals surface area contributed by atoms with Gasteiger partial charge < -0.3 is 11.1 Å². The van der Waals surface area contributed by atoms with Crippen molar-refractivity contribution in [3.05, 3.63) is 24.5 Å². The minimum atomic E-state index is 0.446. The van der Waals surface area contributed by atoms with Crippen LogP contribution in [0.5, 0.6) is 0 Å². The van der Waals surface area contributed by atoms with Gasteiger partial charge in [-0.25, -0.2) is 4.98 Å². The highest BCUT2D eigenvalue weighted by molar-refractivity contribution is 5.38. The van der Waals surface area contributed by atoms with Crippen molar-refractivity contribution in [2.45, 2.75) is 12.8 Å². The van der Waals surface area contributed by atoms with E-state index in [9.17, 15) is 0 Å². The Labute approximate surface area is 83.3 Å². The van der Waals surface area contributed by atoms with Crippen LogP contribution in [0.15, 0.2) is 24.5 Å². The molecule has 1 fully saturated rings. The van der Waals surface area contributed by atoms with Crippen LogP contribution < -0.4 is 11.1 Å². The van der Waals surface area contributed by atoms with Crippen molar-refractivity contribution in [1.29, 1.82) is 0 Å². The van der Waals surface area contributed by atoms with Gasteiger partial charge in [0.2, 0.25) is 0 Å². The van der Waals surface area contributed by atoms with Gasteiger partial charge in [0.15, 0.2) is 0 Å². The van der Waals surface area contributed by atoms with Crippen LogP contribution in [0.3, 0.4) is 0 Å². The number of nitrogens with one attached hydrogen (secondary N) is 1. The number of hydrogen-bond donors (Lipinski definition) is 2. The van der Waals surface area contributed by atoms with Crippen LogP contribution in [0, 0.1) is 5.92 Å². The van der Waals surface area contributed by atoms with Crippen molar-refractivity contribution >= 4 is 11.6 Å². The summed E-state index contributed by atoms with van der Waals surface area (Å²) < 4.78 is 0. The lowest BCUT2D eigenvalue weighted by Crippen LogP contribution is -2.02. The minimum Gasteiger partial charge on any atom is -0.382 e. The second-order valence-electron chi connectivity index (χ2n) is 3.48. The molecule has 1 aromatic heterocycles. The SMILES string of the molecule is Nc1cncc(NC/C=C/C2CC2)n1. The van der Waals surface area contributed by atoms with Crippen LogP contribution in [-0.4, -0.2) is 16.5 Å². The van der Waals surface area contributed by atoms with Gasteiger partial charge in [0, 0.05) is 6.54 Å². The van der Waals surface area contributed by atoms with Crippen LogP contribution in [-0.2, 0) is 0 Å². The summed E-state index contributed by atoms with van der Waals surface area (Å²) in [6.07, 6.45) is 10.3. The molecule has 0 aromatic carbocycles. The van der Waals surface area contributed by atoms with Crippen molar-refractivity contribution in [1.82, 2.24) is 9.97 Å². The lowest BCUT2D eigenvalue weighted by atomic mass is 10.3. The molecular weight excluding hydrogens is 176 g/mol. The van der Waals surface area contributed by atoms with Crippen molar-refractivity contribution in [2.75, 3.05) is 17.6 Å². The Kier molecular flexibility index (Phi) is 2.62. The van der Waals surface area contributed by atoms with Crippen LogP contribution in [0.4, 0.5) is 11.6 Å². The Bertz CT molecular complexity index is 331. The summed E-state index contributed by atoms with van der Waals surface area (Å²) in [5.41, 5.74) is 5.49. The number of nitrogen functional groups attached to an aromatic ring is 1. The topological polar surface area (TPSA) is 63.8 Å². The van der Waals surface area contributed by atoms with Gasteiger partial charge in [-0.15, -0.1) is 0 Å². The van der Waals surface area contributed by atoms with E-state index in [1.807, 2.05) is 0 Å². The minimum absolute atomic E-state index is 0.446. The van der Waals surface area contributed by atoms with E-state index in [4.69, 9.17) is 5.73 Å². The summed E-state index contributed by atoms with van der Waals surface area (Å²) in [5, 5.41) is 3.13. The average molecular weight is 190 g/mol. The van der Waals surface area contributed by atoms with Gasteiger partial charge in [0.05, 0.1) is 12.4 Å². The molecule has 14 heavy (non-hydrogen) atoms. The van der Waals surface area contributed by atoms with E-state index in [0.717, 1.165) is 18.3 Å². The summed E-state index contributed by atoms with van der Waals surface area (Å²) in [6.45, 7) is 0.786. The lowest BCUT2D eigenvalue weighted by molar-refractivity contribution is 1.10. The van der Waals surface area contributed by atoms with E-state index in [2.05, 4.69) is 27.4 Å². The molecule has 74 valence electrons. The third kappa shape index (κ3) is 2.73. The standard InChI is InChI=1S/C10H14N4/c11-9-6-12-7-10(14-9)13-5-1-2-8-3-4-8/h1-2,6-8H,3-5H2,(H3,11,13,14)/b2-1+. The molecule has 0 aliphatic heterocycles. The van der Waals surface area contributed by atoms with E-state index in [1.54, 1.807) is 6.20 Å². The zero-order chi connectivity index (χ0) is 9.80. The molecule has 1 saturated carbocycles. The second kappa shape index (κ2) is 4.09. The van der Waals surface area contributed by atoms with Crippen molar-refractivity contribution in [3.63, 3.8) is 0 Å². The second-order valence-corrected chi connectivity index (χ2v) is 3.48. The first-order chi connectivity index (χ1) is 6.84. The molecule has 0 bridgehead atoms. The van der Waals surface area contributed by atoms with Gasteiger partial charge in [0.25, 0.3) is 0 Å². The Balaban J connectivity index is 1.79. The molecule has 3 N–H and O–H groups in total. The molecule has 0 saturated heterocycles. The number of rotatable bonds is 4. The quantitative estimate of drug-likeness (QED) is 0.705. The summed E-state index contributed by atoms with van der Waals surface area (Å²) in [4.78, 5) is 8.01. The normalized spacial score (nSPS) is 16.0. The highest BCUT2D eigenvalue weighted by atomic mass is 15.0. The van der Waals surface area contributed by atoms with Crippen LogP contribution in [0.25, 0.3) is 0 Å². The molecule has 0 radical (unpaired) electrons. The molecule has 0 spiro atoms. The van der Waals surface area contributed by atoms with Crippen LogP contribution >= 0.6 is 0 Å². The largest absolute Gasteiger partial charge is 0.382 e. The Hall–Kier alpha value is -1.58. The predicted octanol–water partition coefficient (Wildman–Crippen LogP) is 1.44. The van der Waals surface area contributed by atoms with Gasteiger partial charge in [0.1, 0.15) is 11.6 Å². The molecule has 0 atom stereocenters. The zero-order valence-electron chi connectivity index (χ0n) is 7.98. The number of nitrogens with zero attached hydrogens (tertiary/aromatic N) is 2. The molecule has 4 nitrogen and oxygen atoms in total. The molecule has 1 aliphatic carbocycles. The third-order valence-corrected chi connectivity index (χ3v) is 2.08. The maximum absolute atomic E-state index is 5.49. The lowest BCUT2D eigenvalue weighted by Gasteiger charge is -2.01. The van der Waals surface area contributed by atoms with Crippen molar-refractivity contribution in [2.24, 2.45) is 5.92 Å². The molecule has 0 unspecified atom stereocenters. The third-order valence-electron chi connectivity index (χ3n) is 2.08. The smallest absolute Gasteiger partial charge is 0.147 e. The van der Waals surface area contributed by atoms with Gasteiger partial charge >= 0.3 is 0 Å². The summed E-state index contributed by atoms with van der Waals surface area (Å²) in [7, 11) is 0. The molecular formula is C10H14N4. The Morgan fingerprint density at radius 1 is 1.50 bits per heavy atom. The fraction of sp³-hybridized carbons (Fsp3) is 0.400. The van der Waals surface area contributed by atoms with E-state index in [1.165, 1.54) is 19.0 Å². The van der Waals surface area contributed by atoms with Gasteiger partial charge in [-0.3, -0.25) is 4.98 Å². The zero-order valence-corrected chi connectivity index (χ0v) is 7.98. The van der Waals surface area contributed by atoms with Crippen molar-refractivity contribution in [3.8, 4) is 0 Å².